The summed E-state index contributed by atoms with van der Waals surface area (Å²) < 4.78 is 5.63. The molecule has 6 nitrogen and oxygen atoms in total. The highest BCUT2D eigenvalue weighted by molar-refractivity contribution is 7.13. The maximum atomic E-state index is 12.6. The Morgan fingerprint density at radius 1 is 1.35 bits per heavy atom. The van der Waals surface area contributed by atoms with Crippen LogP contribution in [0, 0.1) is 0 Å². The minimum absolute atomic E-state index is 0.0457. The number of pyridine rings is 1. The van der Waals surface area contributed by atoms with Gasteiger partial charge in [0.2, 0.25) is 0 Å². The van der Waals surface area contributed by atoms with Gasteiger partial charge in [0.15, 0.2) is 5.13 Å². The number of rotatable bonds is 5. The van der Waals surface area contributed by atoms with E-state index in [1.54, 1.807) is 37.0 Å². The van der Waals surface area contributed by atoms with Crippen molar-refractivity contribution >= 4 is 22.4 Å². The van der Waals surface area contributed by atoms with Crippen molar-refractivity contribution in [3.05, 3.63) is 41.7 Å². The summed E-state index contributed by atoms with van der Waals surface area (Å²) in [6, 6.07) is 3.79. The van der Waals surface area contributed by atoms with Crippen molar-refractivity contribution in [1.82, 2.24) is 15.3 Å². The van der Waals surface area contributed by atoms with Crippen LogP contribution in [0.4, 0.5) is 5.13 Å². The summed E-state index contributed by atoms with van der Waals surface area (Å²) in [4.78, 5) is 23.1. The predicted molar refractivity (Wildman–Crippen MR) is 89.4 cm³/mol. The van der Waals surface area contributed by atoms with Gasteiger partial charge in [-0.25, -0.2) is 4.98 Å². The molecule has 0 aliphatic carbocycles. The number of piperidine rings is 1. The number of nitrogens with one attached hydrogen (secondary N) is 1. The summed E-state index contributed by atoms with van der Waals surface area (Å²) in [5.41, 5.74) is 0.278. The number of aromatic nitrogens is 2. The average molecular weight is 332 g/mol. The number of carbonyl (C=O) groups excluding carboxylic acids is 1. The molecule has 0 radical (unpaired) electrons. The Hall–Kier alpha value is -1.99. The molecule has 23 heavy (non-hydrogen) atoms. The molecular weight excluding hydrogens is 312 g/mol. The minimum Gasteiger partial charge on any atom is -0.368 e. The van der Waals surface area contributed by atoms with Crippen LogP contribution in [-0.2, 0) is 16.1 Å². The van der Waals surface area contributed by atoms with E-state index in [4.69, 9.17) is 4.74 Å². The van der Waals surface area contributed by atoms with Gasteiger partial charge in [-0.05, 0) is 17.7 Å². The van der Waals surface area contributed by atoms with Gasteiger partial charge in [0, 0.05) is 63.6 Å². The van der Waals surface area contributed by atoms with Gasteiger partial charge in [0.1, 0.15) is 5.60 Å². The third-order valence-corrected chi connectivity index (χ3v) is 5.10. The van der Waals surface area contributed by atoms with Gasteiger partial charge in [-0.3, -0.25) is 9.78 Å². The standard InChI is InChI=1S/C16H20N4O2S/c1-22-16(14(21)19-12-13-2-6-17-7-3-13)4-9-20(10-5-16)15-18-8-11-23-15/h2-3,6-8,11H,4-5,9-10,12H2,1H3,(H,19,21). The highest BCUT2D eigenvalue weighted by Gasteiger charge is 2.41. The molecule has 0 bridgehead atoms. The Morgan fingerprint density at radius 2 is 2.09 bits per heavy atom. The van der Waals surface area contributed by atoms with E-state index in [0.717, 1.165) is 23.8 Å². The monoisotopic (exact) mass is 332 g/mol. The molecule has 1 fully saturated rings. The second kappa shape index (κ2) is 7.06. The number of anilines is 1. The van der Waals surface area contributed by atoms with Crippen molar-refractivity contribution in [3.8, 4) is 0 Å². The fourth-order valence-electron chi connectivity index (χ4n) is 2.80. The van der Waals surface area contributed by atoms with Crippen LogP contribution in [0.5, 0.6) is 0 Å². The Bertz CT molecular complexity index is 625. The first-order valence-corrected chi connectivity index (χ1v) is 8.48. The number of ether oxygens (including phenoxy) is 1. The molecule has 122 valence electrons. The van der Waals surface area contributed by atoms with Gasteiger partial charge >= 0.3 is 0 Å². The smallest absolute Gasteiger partial charge is 0.252 e. The Labute approximate surface area is 139 Å². The van der Waals surface area contributed by atoms with Gasteiger partial charge in [0.05, 0.1) is 0 Å². The number of hydrogen-bond acceptors (Lipinski definition) is 6. The molecule has 1 aliphatic heterocycles. The van der Waals surface area contributed by atoms with E-state index < -0.39 is 5.60 Å². The number of carbonyl (C=O) groups is 1. The average Bonchev–Trinajstić information content (AvgIpc) is 3.15. The number of nitrogens with zero attached hydrogens (tertiary/aromatic N) is 3. The summed E-state index contributed by atoms with van der Waals surface area (Å²) in [6.45, 7) is 2.02. The van der Waals surface area contributed by atoms with Crippen molar-refractivity contribution < 1.29 is 9.53 Å². The van der Waals surface area contributed by atoms with Crippen LogP contribution in [0.25, 0.3) is 0 Å². The van der Waals surface area contributed by atoms with Gasteiger partial charge in [-0.2, -0.15) is 0 Å². The molecule has 7 heteroatoms. The maximum Gasteiger partial charge on any atom is 0.252 e. The largest absolute Gasteiger partial charge is 0.368 e. The number of amides is 1. The quantitative estimate of drug-likeness (QED) is 0.905. The molecule has 0 aromatic carbocycles. The molecule has 2 aromatic rings. The lowest BCUT2D eigenvalue weighted by Crippen LogP contribution is -2.55. The molecule has 3 heterocycles. The molecule has 3 rings (SSSR count). The molecule has 1 N–H and O–H groups in total. The zero-order valence-electron chi connectivity index (χ0n) is 13.1. The van der Waals surface area contributed by atoms with E-state index in [0.29, 0.717) is 19.4 Å². The van der Waals surface area contributed by atoms with Crippen molar-refractivity contribution in [3.63, 3.8) is 0 Å². The highest BCUT2D eigenvalue weighted by atomic mass is 32.1. The molecule has 1 amide bonds. The van der Waals surface area contributed by atoms with Crippen molar-refractivity contribution in [2.24, 2.45) is 0 Å². The molecular formula is C16H20N4O2S. The van der Waals surface area contributed by atoms with Crippen LogP contribution in [0.1, 0.15) is 18.4 Å². The van der Waals surface area contributed by atoms with E-state index >= 15 is 0 Å². The third-order valence-electron chi connectivity index (χ3n) is 4.27. The van der Waals surface area contributed by atoms with E-state index in [1.165, 1.54) is 0 Å². The van der Waals surface area contributed by atoms with Crippen molar-refractivity contribution in [1.29, 1.82) is 0 Å². The molecule has 0 spiro atoms. The zero-order chi connectivity index (χ0) is 16.1. The SMILES string of the molecule is COC1(C(=O)NCc2ccncc2)CCN(c2nccs2)CC1. The lowest BCUT2D eigenvalue weighted by molar-refractivity contribution is -0.146. The lowest BCUT2D eigenvalue weighted by Gasteiger charge is -2.39. The van der Waals surface area contributed by atoms with E-state index in [9.17, 15) is 4.79 Å². The molecule has 2 aromatic heterocycles. The first kappa shape index (κ1) is 15.9. The first-order chi connectivity index (χ1) is 11.2. The zero-order valence-corrected chi connectivity index (χ0v) is 13.9. The van der Waals surface area contributed by atoms with E-state index in [-0.39, 0.29) is 5.91 Å². The highest BCUT2D eigenvalue weighted by Crippen LogP contribution is 2.30. The normalized spacial score (nSPS) is 17.0. The fraction of sp³-hybridized carbons (Fsp3) is 0.438. The Kier molecular flexibility index (Phi) is 4.88. The van der Waals surface area contributed by atoms with Crippen molar-refractivity contribution in [2.45, 2.75) is 25.0 Å². The fourth-order valence-corrected chi connectivity index (χ4v) is 3.50. The topological polar surface area (TPSA) is 67.3 Å². The Balaban J connectivity index is 1.59. The predicted octanol–water partition coefficient (Wildman–Crippen LogP) is 1.84. The maximum absolute atomic E-state index is 12.6. The van der Waals surface area contributed by atoms with E-state index in [2.05, 4.69) is 20.2 Å². The lowest BCUT2D eigenvalue weighted by atomic mass is 9.90. The first-order valence-electron chi connectivity index (χ1n) is 7.60. The van der Waals surface area contributed by atoms with Crippen LogP contribution in [-0.4, -0.2) is 41.7 Å². The van der Waals surface area contributed by atoms with Crippen LogP contribution in [0.15, 0.2) is 36.1 Å². The van der Waals surface area contributed by atoms with Crippen LogP contribution < -0.4 is 10.2 Å². The number of thiazole rings is 1. The second-order valence-electron chi connectivity index (χ2n) is 5.54. The summed E-state index contributed by atoms with van der Waals surface area (Å²) in [6.07, 6.45) is 6.57. The summed E-state index contributed by atoms with van der Waals surface area (Å²) in [5, 5.41) is 5.96. The molecule has 1 saturated heterocycles. The van der Waals surface area contributed by atoms with Gasteiger partial charge in [-0.1, -0.05) is 0 Å². The summed E-state index contributed by atoms with van der Waals surface area (Å²) in [7, 11) is 1.62. The van der Waals surface area contributed by atoms with Crippen molar-refractivity contribution in [2.75, 3.05) is 25.1 Å². The van der Waals surface area contributed by atoms with Gasteiger partial charge in [0.25, 0.3) is 5.91 Å². The van der Waals surface area contributed by atoms with Crippen LogP contribution >= 0.6 is 11.3 Å². The Morgan fingerprint density at radius 3 is 2.70 bits per heavy atom. The number of hydrogen-bond donors (Lipinski definition) is 1. The van der Waals surface area contributed by atoms with Crippen LogP contribution in [0.3, 0.4) is 0 Å². The minimum atomic E-state index is -0.749. The van der Waals surface area contributed by atoms with Gasteiger partial charge < -0.3 is 15.0 Å². The molecule has 0 atom stereocenters. The molecule has 0 saturated carbocycles. The third kappa shape index (κ3) is 3.51. The number of methoxy groups -OCH3 is 1. The summed E-state index contributed by atoms with van der Waals surface area (Å²) >= 11 is 1.62. The van der Waals surface area contributed by atoms with Gasteiger partial charge in [-0.15, -0.1) is 11.3 Å². The second-order valence-corrected chi connectivity index (χ2v) is 6.41. The molecule has 1 aliphatic rings. The molecule has 0 unspecified atom stereocenters. The summed E-state index contributed by atoms with van der Waals surface area (Å²) in [5.74, 6) is -0.0457. The van der Waals surface area contributed by atoms with Crippen LogP contribution in [0.2, 0.25) is 0 Å². The van der Waals surface area contributed by atoms with E-state index in [1.807, 2.05) is 17.5 Å².